The van der Waals surface area contributed by atoms with Gasteiger partial charge in [0, 0.05) is 18.9 Å². The minimum atomic E-state index is -0.167. The van der Waals surface area contributed by atoms with E-state index in [1.807, 2.05) is 20.8 Å². The zero-order chi connectivity index (χ0) is 11.5. The maximum absolute atomic E-state index is 12.0. The number of hydrogen-bond donors (Lipinski definition) is 0. The Labute approximate surface area is 93.4 Å². The number of methoxy groups -OCH3 is 1. The van der Waals surface area contributed by atoms with Gasteiger partial charge in [0.15, 0.2) is 0 Å². The van der Waals surface area contributed by atoms with Crippen molar-refractivity contribution < 1.29 is 9.53 Å². The van der Waals surface area contributed by atoms with Crippen molar-refractivity contribution in [3.63, 3.8) is 0 Å². The van der Waals surface area contributed by atoms with Crippen LogP contribution in [-0.4, -0.2) is 18.5 Å². The van der Waals surface area contributed by atoms with Gasteiger partial charge >= 0.3 is 0 Å². The largest absolute Gasteiger partial charge is 0.377 e. The number of ether oxygens (including phenoxy) is 1. The zero-order valence-corrected chi connectivity index (χ0v) is 10.5. The Morgan fingerprint density at radius 3 is 2.07 bits per heavy atom. The number of rotatable bonds is 4. The summed E-state index contributed by atoms with van der Waals surface area (Å²) >= 11 is 0. The Bertz CT molecular complexity index is 215. The van der Waals surface area contributed by atoms with Crippen molar-refractivity contribution in [2.45, 2.75) is 58.5 Å². The summed E-state index contributed by atoms with van der Waals surface area (Å²) in [5.41, 5.74) is -0.167. The standard InChI is InChI=1S/C13H24O2/c1-10(2)12(14)11(3)13(15-4)8-6-5-7-9-13/h10-11H,5-9H2,1-4H3. The van der Waals surface area contributed by atoms with Crippen molar-refractivity contribution in [3.05, 3.63) is 0 Å². The van der Waals surface area contributed by atoms with Gasteiger partial charge in [-0.3, -0.25) is 4.79 Å². The van der Waals surface area contributed by atoms with Gasteiger partial charge in [0.05, 0.1) is 5.60 Å². The third-order valence-corrected chi connectivity index (χ3v) is 3.89. The van der Waals surface area contributed by atoms with E-state index in [0.29, 0.717) is 5.78 Å². The molecule has 1 fully saturated rings. The van der Waals surface area contributed by atoms with Crippen molar-refractivity contribution in [1.29, 1.82) is 0 Å². The summed E-state index contributed by atoms with van der Waals surface area (Å²) in [4.78, 5) is 12.0. The van der Waals surface area contributed by atoms with Crippen molar-refractivity contribution in [1.82, 2.24) is 0 Å². The first kappa shape index (κ1) is 12.7. The first-order chi connectivity index (χ1) is 7.03. The lowest BCUT2D eigenvalue weighted by molar-refractivity contribution is -0.141. The molecular weight excluding hydrogens is 188 g/mol. The van der Waals surface area contributed by atoms with Crippen molar-refractivity contribution in [3.8, 4) is 0 Å². The summed E-state index contributed by atoms with van der Waals surface area (Å²) < 4.78 is 5.69. The van der Waals surface area contributed by atoms with Crippen LogP contribution in [0.15, 0.2) is 0 Å². The molecular formula is C13H24O2. The number of carbonyl (C=O) groups excluding carboxylic acids is 1. The number of ketones is 1. The second-order valence-electron chi connectivity index (χ2n) is 5.11. The van der Waals surface area contributed by atoms with Gasteiger partial charge in [0.1, 0.15) is 5.78 Å². The highest BCUT2D eigenvalue weighted by molar-refractivity contribution is 5.83. The molecule has 0 amide bonds. The average molecular weight is 212 g/mol. The highest BCUT2D eigenvalue weighted by atomic mass is 16.5. The predicted molar refractivity (Wildman–Crippen MR) is 61.8 cm³/mol. The monoisotopic (exact) mass is 212 g/mol. The predicted octanol–water partition coefficient (Wildman–Crippen LogP) is 3.20. The summed E-state index contributed by atoms with van der Waals surface area (Å²) in [7, 11) is 1.76. The number of carbonyl (C=O) groups is 1. The smallest absolute Gasteiger partial charge is 0.141 e. The van der Waals surface area contributed by atoms with Crippen molar-refractivity contribution >= 4 is 5.78 Å². The third-order valence-electron chi connectivity index (χ3n) is 3.89. The Kier molecular flexibility index (Phi) is 4.32. The summed E-state index contributed by atoms with van der Waals surface area (Å²) in [5.74, 6) is 0.510. The van der Waals surface area contributed by atoms with Gasteiger partial charge in [0.2, 0.25) is 0 Å². The van der Waals surface area contributed by atoms with Crippen LogP contribution in [0.2, 0.25) is 0 Å². The fourth-order valence-corrected chi connectivity index (χ4v) is 2.72. The zero-order valence-electron chi connectivity index (χ0n) is 10.5. The van der Waals surface area contributed by atoms with E-state index in [1.54, 1.807) is 7.11 Å². The first-order valence-corrected chi connectivity index (χ1v) is 6.12. The molecule has 0 aromatic rings. The second kappa shape index (κ2) is 5.11. The average Bonchev–Trinajstić information content (AvgIpc) is 2.27. The molecule has 15 heavy (non-hydrogen) atoms. The minimum absolute atomic E-state index is 0.0443. The van der Waals surface area contributed by atoms with Gasteiger partial charge in [-0.05, 0) is 12.8 Å². The Hall–Kier alpha value is -0.370. The normalized spacial score (nSPS) is 22.7. The second-order valence-corrected chi connectivity index (χ2v) is 5.11. The van der Waals surface area contributed by atoms with Crippen LogP contribution in [0.4, 0.5) is 0 Å². The minimum Gasteiger partial charge on any atom is -0.377 e. The maximum Gasteiger partial charge on any atom is 0.141 e. The molecule has 1 rings (SSSR count). The van der Waals surface area contributed by atoms with E-state index in [0.717, 1.165) is 12.8 Å². The van der Waals surface area contributed by atoms with Gasteiger partial charge in [-0.25, -0.2) is 0 Å². The molecule has 2 heteroatoms. The molecule has 88 valence electrons. The maximum atomic E-state index is 12.0. The van der Waals surface area contributed by atoms with E-state index in [4.69, 9.17) is 4.74 Å². The molecule has 2 nitrogen and oxygen atoms in total. The van der Waals surface area contributed by atoms with Crippen LogP contribution in [0, 0.1) is 11.8 Å². The Morgan fingerprint density at radius 1 is 1.13 bits per heavy atom. The molecule has 0 radical (unpaired) electrons. The van der Waals surface area contributed by atoms with E-state index < -0.39 is 0 Å². The van der Waals surface area contributed by atoms with Crippen LogP contribution in [0.5, 0.6) is 0 Å². The summed E-state index contributed by atoms with van der Waals surface area (Å²) in [6, 6.07) is 0. The Morgan fingerprint density at radius 2 is 1.67 bits per heavy atom. The van der Waals surface area contributed by atoms with Crippen LogP contribution < -0.4 is 0 Å². The van der Waals surface area contributed by atoms with E-state index in [-0.39, 0.29) is 17.4 Å². The SMILES string of the molecule is COC1(C(C)C(=O)C(C)C)CCCCC1. The number of hydrogen-bond acceptors (Lipinski definition) is 2. The molecule has 0 heterocycles. The third kappa shape index (κ3) is 2.60. The number of Topliss-reactive ketones (excluding diaryl/α,β-unsaturated/α-hetero) is 1. The molecule has 0 aliphatic heterocycles. The van der Waals surface area contributed by atoms with E-state index >= 15 is 0 Å². The van der Waals surface area contributed by atoms with Gasteiger partial charge in [0.25, 0.3) is 0 Å². The molecule has 0 aromatic heterocycles. The lowest BCUT2D eigenvalue weighted by Crippen LogP contribution is -2.45. The van der Waals surface area contributed by atoms with Gasteiger partial charge in [-0.15, -0.1) is 0 Å². The van der Waals surface area contributed by atoms with Crippen LogP contribution in [0.3, 0.4) is 0 Å². The van der Waals surface area contributed by atoms with Crippen LogP contribution in [-0.2, 0) is 9.53 Å². The molecule has 1 saturated carbocycles. The fourth-order valence-electron chi connectivity index (χ4n) is 2.72. The lowest BCUT2D eigenvalue weighted by atomic mass is 9.73. The molecule has 0 spiro atoms. The van der Waals surface area contributed by atoms with Crippen LogP contribution in [0.1, 0.15) is 52.9 Å². The summed E-state index contributed by atoms with van der Waals surface area (Å²) in [5, 5.41) is 0. The molecule has 1 aliphatic rings. The van der Waals surface area contributed by atoms with Gasteiger partial charge in [-0.2, -0.15) is 0 Å². The van der Waals surface area contributed by atoms with Crippen molar-refractivity contribution in [2.75, 3.05) is 7.11 Å². The van der Waals surface area contributed by atoms with Crippen LogP contribution >= 0.6 is 0 Å². The molecule has 0 saturated heterocycles. The Balaban J connectivity index is 2.75. The molecule has 0 N–H and O–H groups in total. The quantitative estimate of drug-likeness (QED) is 0.715. The van der Waals surface area contributed by atoms with Gasteiger partial charge < -0.3 is 4.74 Å². The fraction of sp³-hybridized carbons (Fsp3) is 0.923. The van der Waals surface area contributed by atoms with E-state index in [1.165, 1.54) is 19.3 Å². The van der Waals surface area contributed by atoms with E-state index in [2.05, 4.69) is 0 Å². The molecule has 1 atom stereocenters. The summed E-state index contributed by atoms with van der Waals surface area (Å²) in [6.07, 6.45) is 5.77. The van der Waals surface area contributed by atoms with Crippen molar-refractivity contribution in [2.24, 2.45) is 11.8 Å². The van der Waals surface area contributed by atoms with E-state index in [9.17, 15) is 4.79 Å². The highest BCUT2D eigenvalue weighted by Gasteiger charge is 2.41. The highest BCUT2D eigenvalue weighted by Crippen LogP contribution is 2.38. The molecule has 0 bridgehead atoms. The summed E-state index contributed by atoms with van der Waals surface area (Å²) in [6.45, 7) is 5.99. The van der Waals surface area contributed by atoms with Crippen LogP contribution in [0.25, 0.3) is 0 Å². The molecule has 1 aliphatic carbocycles. The molecule has 1 unspecified atom stereocenters. The van der Waals surface area contributed by atoms with Gasteiger partial charge in [-0.1, -0.05) is 40.0 Å². The topological polar surface area (TPSA) is 26.3 Å². The first-order valence-electron chi connectivity index (χ1n) is 6.12. The molecule has 0 aromatic carbocycles. The lowest BCUT2D eigenvalue weighted by Gasteiger charge is -2.40.